The Bertz CT molecular complexity index is 1130. The van der Waals surface area contributed by atoms with Crippen molar-refractivity contribution in [2.24, 2.45) is 0 Å². The van der Waals surface area contributed by atoms with Crippen LogP contribution in [0.15, 0.2) is 46.2 Å². The van der Waals surface area contributed by atoms with Crippen molar-refractivity contribution < 1.29 is 27.5 Å². The van der Waals surface area contributed by atoms with Gasteiger partial charge in [-0.25, -0.2) is 8.42 Å². The standard InChI is InChI=1S/C20H21N3O6S2/c1-28-17-4-3-14(31(26,27)23-6-8-29-9-7-23)11-15(17)22-20(25)13-2-5-18-16(10-13)21-19(24)12-30-18/h2-5,10-11H,6-9,12H2,1H3,(H,21,24)(H,22,25). The number of fused-ring (bicyclic) bond motifs is 1. The first-order valence-corrected chi connectivity index (χ1v) is 11.9. The highest BCUT2D eigenvalue weighted by molar-refractivity contribution is 8.00. The Balaban J connectivity index is 1.60. The average Bonchev–Trinajstić information content (AvgIpc) is 2.79. The summed E-state index contributed by atoms with van der Waals surface area (Å²) in [5, 5.41) is 5.47. The lowest BCUT2D eigenvalue weighted by Gasteiger charge is -2.26. The number of thioether (sulfide) groups is 1. The van der Waals surface area contributed by atoms with Gasteiger partial charge in [-0.1, -0.05) is 0 Å². The quantitative estimate of drug-likeness (QED) is 0.697. The third kappa shape index (κ3) is 4.54. The summed E-state index contributed by atoms with van der Waals surface area (Å²) in [5.74, 6) is 0.0841. The number of hydrogen-bond donors (Lipinski definition) is 2. The van der Waals surface area contributed by atoms with Crippen LogP contribution in [0.1, 0.15) is 10.4 Å². The smallest absolute Gasteiger partial charge is 0.255 e. The van der Waals surface area contributed by atoms with Crippen molar-refractivity contribution in [3.05, 3.63) is 42.0 Å². The molecule has 2 N–H and O–H groups in total. The molecule has 4 rings (SSSR count). The lowest BCUT2D eigenvalue weighted by atomic mass is 10.1. The Labute approximate surface area is 184 Å². The molecule has 11 heteroatoms. The maximum absolute atomic E-state index is 13.0. The number of sulfonamides is 1. The fourth-order valence-electron chi connectivity index (χ4n) is 3.30. The molecule has 0 unspecified atom stereocenters. The van der Waals surface area contributed by atoms with Crippen molar-refractivity contribution in [2.45, 2.75) is 9.79 Å². The Morgan fingerprint density at radius 1 is 1.19 bits per heavy atom. The monoisotopic (exact) mass is 463 g/mol. The second-order valence-electron chi connectivity index (χ2n) is 6.88. The Morgan fingerprint density at radius 2 is 1.97 bits per heavy atom. The molecule has 0 atom stereocenters. The van der Waals surface area contributed by atoms with Gasteiger partial charge < -0.3 is 20.1 Å². The van der Waals surface area contributed by atoms with E-state index in [0.29, 0.717) is 36.0 Å². The maximum Gasteiger partial charge on any atom is 0.255 e. The molecular weight excluding hydrogens is 442 g/mol. The normalized spacial score (nSPS) is 16.9. The molecule has 2 aliphatic rings. The minimum Gasteiger partial charge on any atom is -0.495 e. The molecule has 0 spiro atoms. The molecule has 2 aliphatic heterocycles. The number of nitrogens with one attached hydrogen (secondary N) is 2. The number of carbonyl (C=O) groups excluding carboxylic acids is 2. The molecule has 31 heavy (non-hydrogen) atoms. The summed E-state index contributed by atoms with van der Waals surface area (Å²) < 4.78 is 37.8. The van der Waals surface area contributed by atoms with Crippen LogP contribution in [0.2, 0.25) is 0 Å². The predicted molar refractivity (Wildman–Crippen MR) is 116 cm³/mol. The van der Waals surface area contributed by atoms with E-state index in [4.69, 9.17) is 9.47 Å². The number of rotatable bonds is 5. The van der Waals surface area contributed by atoms with Crippen LogP contribution in [0.25, 0.3) is 0 Å². The van der Waals surface area contributed by atoms with E-state index in [1.807, 2.05) is 0 Å². The van der Waals surface area contributed by atoms with Gasteiger partial charge in [-0.3, -0.25) is 9.59 Å². The summed E-state index contributed by atoms with van der Waals surface area (Å²) in [6.07, 6.45) is 0. The number of nitrogens with zero attached hydrogens (tertiary/aromatic N) is 1. The highest BCUT2D eigenvalue weighted by Crippen LogP contribution is 2.33. The van der Waals surface area contributed by atoms with Gasteiger partial charge in [-0.05, 0) is 36.4 Å². The molecular formula is C20H21N3O6S2. The maximum atomic E-state index is 13.0. The molecule has 2 aromatic carbocycles. The third-order valence-electron chi connectivity index (χ3n) is 4.90. The van der Waals surface area contributed by atoms with Crippen LogP contribution in [-0.2, 0) is 19.6 Å². The zero-order valence-corrected chi connectivity index (χ0v) is 18.3. The van der Waals surface area contributed by atoms with Gasteiger partial charge in [0.1, 0.15) is 5.75 Å². The van der Waals surface area contributed by atoms with Gasteiger partial charge in [-0.15, -0.1) is 11.8 Å². The number of anilines is 2. The highest BCUT2D eigenvalue weighted by atomic mass is 32.2. The van der Waals surface area contributed by atoms with Crippen molar-refractivity contribution in [2.75, 3.05) is 49.8 Å². The first-order chi connectivity index (χ1) is 14.9. The Kier molecular flexibility index (Phi) is 6.19. The van der Waals surface area contributed by atoms with E-state index in [0.717, 1.165) is 4.90 Å². The van der Waals surface area contributed by atoms with Gasteiger partial charge in [0.2, 0.25) is 15.9 Å². The van der Waals surface area contributed by atoms with Crippen LogP contribution < -0.4 is 15.4 Å². The number of carbonyl (C=O) groups is 2. The van der Waals surface area contributed by atoms with Crippen molar-refractivity contribution in [1.82, 2.24) is 4.31 Å². The summed E-state index contributed by atoms with van der Waals surface area (Å²) in [6.45, 7) is 1.22. The molecule has 0 saturated carbocycles. The van der Waals surface area contributed by atoms with E-state index in [2.05, 4.69) is 10.6 Å². The largest absolute Gasteiger partial charge is 0.495 e. The molecule has 1 fully saturated rings. The second-order valence-corrected chi connectivity index (χ2v) is 9.84. The Morgan fingerprint density at radius 3 is 2.71 bits per heavy atom. The summed E-state index contributed by atoms with van der Waals surface area (Å²) in [5.41, 5.74) is 1.13. The SMILES string of the molecule is COc1ccc(S(=O)(=O)N2CCOCC2)cc1NC(=O)c1ccc2c(c1)NC(=O)CS2. The number of hydrogen-bond acceptors (Lipinski definition) is 7. The molecule has 0 aliphatic carbocycles. The van der Waals surface area contributed by atoms with Crippen molar-refractivity contribution in [3.8, 4) is 5.75 Å². The number of morpholine rings is 1. The zero-order chi connectivity index (χ0) is 22.0. The van der Waals surface area contributed by atoms with Crippen LogP contribution in [-0.4, -0.2) is 63.7 Å². The van der Waals surface area contributed by atoms with Gasteiger partial charge >= 0.3 is 0 Å². The minimum absolute atomic E-state index is 0.0552. The fourth-order valence-corrected chi connectivity index (χ4v) is 5.52. The summed E-state index contributed by atoms with van der Waals surface area (Å²) >= 11 is 1.40. The van der Waals surface area contributed by atoms with Gasteiger partial charge in [0.25, 0.3) is 5.91 Å². The molecule has 0 radical (unpaired) electrons. The number of benzene rings is 2. The third-order valence-corrected chi connectivity index (χ3v) is 7.87. The Hall–Kier alpha value is -2.60. The van der Waals surface area contributed by atoms with E-state index >= 15 is 0 Å². The van der Waals surface area contributed by atoms with Crippen LogP contribution >= 0.6 is 11.8 Å². The zero-order valence-electron chi connectivity index (χ0n) is 16.7. The fraction of sp³-hybridized carbons (Fsp3) is 0.300. The first-order valence-electron chi connectivity index (χ1n) is 9.52. The second kappa shape index (κ2) is 8.87. The summed E-state index contributed by atoms with van der Waals surface area (Å²) in [7, 11) is -2.29. The minimum atomic E-state index is -3.73. The average molecular weight is 464 g/mol. The van der Waals surface area contributed by atoms with Crippen LogP contribution in [0.3, 0.4) is 0 Å². The summed E-state index contributed by atoms with van der Waals surface area (Å²) in [4.78, 5) is 25.4. The molecule has 1 saturated heterocycles. The molecule has 0 bridgehead atoms. The van der Waals surface area contributed by atoms with Crippen LogP contribution in [0.5, 0.6) is 5.75 Å². The van der Waals surface area contributed by atoms with Gasteiger partial charge in [0, 0.05) is 23.5 Å². The molecule has 2 amide bonds. The van der Waals surface area contributed by atoms with Crippen LogP contribution in [0, 0.1) is 0 Å². The lowest BCUT2D eigenvalue weighted by molar-refractivity contribution is -0.113. The number of methoxy groups -OCH3 is 1. The van der Waals surface area contributed by atoms with Crippen molar-refractivity contribution in [1.29, 1.82) is 0 Å². The van der Waals surface area contributed by atoms with E-state index < -0.39 is 15.9 Å². The molecule has 9 nitrogen and oxygen atoms in total. The number of ether oxygens (including phenoxy) is 2. The van der Waals surface area contributed by atoms with Crippen LogP contribution in [0.4, 0.5) is 11.4 Å². The molecule has 2 aromatic rings. The van der Waals surface area contributed by atoms with Gasteiger partial charge in [0.05, 0.1) is 42.3 Å². The van der Waals surface area contributed by atoms with Crippen molar-refractivity contribution in [3.63, 3.8) is 0 Å². The highest BCUT2D eigenvalue weighted by Gasteiger charge is 2.27. The number of amides is 2. The molecule has 164 valence electrons. The van der Waals surface area contributed by atoms with E-state index in [1.165, 1.54) is 41.4 Å². The van der Waals surface area contributed by atoms with E-state index in [-0.39, 0.29) is 29.6 Å². The van der Waals surface area contributed by atoms with E-state index in [1.54, 1.807) is 18.2 Å². The van der Waals surface area contributed by atoms with Gasteiger partial charge in [-0.2, -0.15) is 4.31 Å². The molecule has 2 heterocycles. The molecule has 0 aromatic heterocycles. The summed E-state index contributed by atoms with van der Waals surface area (Å²) in [6, 6.07) is 9.36. The topological polar surface area (TPSA) is 114 Å². The lowest BCUT2D eigenvalue weighted by Crippen LogP contribution is -2.40. The predicted octanol–water partition coefficient (Wildman–Crippen LogP) is 2.01. The van der Waals surface area contributed by atoms with E-state index in [9.17, 15) is 18.0 Å². The van der Waals surface area contributed by atoms with Crippen molar-refractivity contribution >= 4 is 45.0 Å². The van der Waals surface area contributed by atoms with Gasteiger partial charge in [0.15, 0.2) is 0 Å². The first kappa shape index (κ1) is 21.6.